The molecule has 0 aliphatic heterocycles. The fourth-order valence-electron chi connectivity index (χ4n) is 1.32. The minimum Gasteiger partial charge on any atom is -0.497 e. The Morgan fingerprint density at radius 2 is 2.20 bits per heavy atom. The first-order valence-electron chi connectivity index (χ1n) is 5.67. The van der Waals surface area contributed by atoms with Crippen LogP contribution < -0.4 is 15.2 Å². The van der Waals surface area contributed by atoms with Gasteiger partial charge in [0.05, 0.1) is 12.9 Å². The first-order chi connectivity index (χ1) is 9.67. The van der Waals surface area contributed by atoms with Crippen molar-refractivity contribution in [3.63, 3.8) is 0 Å². The lowest BCUT2D eigenvalue weighted by atomic mass is 10.3. The van der Waals surface area contributed by atoms with Gasteiger partial charge in [-0.25, -0.2) is 0 Å². The zero-order valence-electron chi connectivity index (χ0n) is 10.7. The van der Waals surface area contributed by atoms with Crippen molar-refractivity contribution >= 4 is 17.7 Å². The molecule has 0 radical (unpaired) electrons. The number of nitrogens with two attached hydrogens (primary N) is 1. The number of rotatable bonds is 7. The van der Waals surface area contributed by atoms with Crippen molar-refractivity contribution in [3.8, 4) is 11.5 Å². The smallest absolute Gasteiger partial charge is 0.277 e. The number of methoxy groups -OCH3 is 1. The average Bonchev–Trinajstić information content (AvgIpc) is 2.91. The van der Waals surface area contributed by atoms with Crippen molar-refractivity contribution in [2.24, 2.45) is 5.73 Å². The Balaban J connectivity index is 1.88. The minimum absolute atomic E-state index is 0.0956. The molecule has 0 aliphatic rings. The van der Waals surface area contributed by atoms with Crippen molar-refractivity contribution in [2.45, 2.75) is 11.8 Å². The summed E-state index contributed by atoms with van der Waals surface area (Å²) in [7, 11) is 1.58. The van der Waals surface area contributed by atoms with Crippen molar-refractivity contribution in [1.29, 1.82) is 0 Å². The lowest BCUT2D eigenvalue weighted by molar-refractivity contribution is -0.115. The zero-order chi connectivity index (χ0) is 14.4. The van der Waals surface area contributed by atoms with Gasteiger partial charge < -0.3 is 19.6 Å². The molecule has 8 heteroatoms. The third-order valence-electron chi connectivity index (χ3n) is 2.19. The molecule has 0 aliphatic carbocycles. The summed E-state index contributed by atoms with van der Waals surface area (Å²) in [5.41, 5.74) is 5.02. The molecule has 20 heavy (non-hydrogen) atoms. The number of nitrogens with zero attached hydrogens (tertiary/aromatic N) is 2. The molecule has 1 amide bonds. The number of hydrogen-bond donors (Lipinski definition) is 1. The van der Waals surface area contributed by atoms with E-state index in [4.69, 9.17) is 19.6 Å². The second-order valence-corrected chi connectivity index (χ2v) is 4.61. The number of ether oxygens (including phenoxy) is 2. The fraction of sp³-hybridized carbons (Fsp3) is 0.250. The highest BCUT2D eigenvalue weighted by Crippen LogP contribution is 2.20. The molecule has 1 aromatic heterocycles. The summed E-state index contributed by atoms with van der Waals surface area (Å²) in [5, 5.41) is 7.86. The van der Waals surface area contributed by atoms with Crippen LogP contribution in [0.15, 0.2) is 33.9 Å². The van der Waals surface area contributed by atoms with E-state index < -0.39 is 5.91 Å². The molecule has 0 fully saturated rings. The second kappa shape index (κ2) is 6.80. The van der Waals surface area contributed by atoms with E-state index in [1.54, 1.807) is 19.2 Å². The van der Waals surface area contributed by atoms with Crippen LogP contribution in [0.4, 0.5) is 0 Å². The lowest BCUT2D eigenvalue weighted by Gasteiger charge is -2.05. The van der Waals surface area contributed by atoms with Gasteiger partial charge in [0.2, 0.25) is 5.91 Å². The monoisotopic (exact) mass is 295 g/mol. The summed E-state index contributed by atoms with van der Waals surface area (Å²) < 4.78 is 15.9. The van der Waals surface area contributed by atoms with E-state index in [0.29, 0.717) is 17.4 Å². The topological polar surface area (TPSA) is 100 Å². The maximum Gasteiger partial charge on any atom is 0.277 e. The van der Waals surface area contributed by atoms with E-state index in [9.17, 15) is 4.79 Å². The maximum atomic E-state index is 10.6. The van der Waals surface area contributed by atoms with Gasteiger partial charge in [0, 0.05) is 6.07 Å². The number of amides is 1. The summed E-state index contributed by atoms with van der Waals surface area (Å²) in [6.45, 7) is 0.136. The van der Waals surface area contributed by atoms with Gasteiger partial charge in [-0.1, -0.05) is 17.8 Å². The summed E-state index contributed by atoms with van der Waals surface area (Å²) in [5.74, 6) is 1.31. The largest absolute Gasteiger partial charge is 0.497 e. The summed E-state index contributed by atoms with van der Waals surface area (Å²) >= 11 is 1.09. The molecule has 0 saturated carbocycles. The molecule has 1 aromatic carbocycles. The maximum absolute atomic E-state index is 10.6. The molecule has 0 unspecified atom stereocenters. The number of carbonyl (C=O) groups excluding carboxylic acids is 1. The standard InChI is InChI=1S/C12H13N3O4S/c1-17-8-3-2-4-9(5-8)18-6-11-14-15-12(19-11)20-7-10(13)16/h2-5H,6-7H2,1H3,(H2,13,16). The van der Waals surface area contributed by atoms with E-state index in [1.807, 2.05) is 12.1 Å². The van der Waals surface area contributed by atoms with Crippen LogP contribution in [0.2, 0.25) is 0 Å². The third-order valence-corrected chi connectivity index (χ3v) is 3.03. The number of primary amides is 1. The molecule has 106 valence electrons. The average molecular weight is 295 g/mol. The summed E-state index contributed by atoms with van der Waals surface area (Å²) in [6.07, 6.45) is 0. The second-order valence-electron chi connectivity index (χ2n) is 3.68. The van der Waals surface area contributed by atoms with E-state index in [0.717, 1.165) is 11.8 Å². The Labute approximate surface area is 119 Å². The molecule has 0 spiro atoms. The quantitative estimate of drug-likeness (QED) is 0.767. The molecular weight excluding hydrogens is 282 g/mol. The Morgan fingerprint density at radius 3 is 2.95 bits per heavy atom. The predicted octanol–water partition coefficient (Wildman–Crippen LogP) is 1.23. The molecule has 2 aromatic rings. The highest BCUT2D eigenvalue weighted by molar-refractivity contribution is 7.99. The van der Waals surface area contributed by atoms with Crippen LogP contribution in [-0.2, 0) is 11.4 Å². The van der Waals surface area contributed by atoms with Crippen molar-refractivity contribution < 1.29 is 18.7 Å². The van der Waals surface area contributed by atoms with Crippen molar-refractivity contribution in [1.82, 2.24) is 10.2 Å². The van der Waals surface area contributed by atoms with Crippen LogP contribution in [0.3, 0.4) is 0 Å². The molecule has 0 saturated heterocycles. The van der Waals surface area contributed by atoms with Gasteiger partial charge in [-0.2, -0.15) is 0 Å². The first kappa shape index (κ1) is 14.2. The number of hydrogen-bond acceptors (Lipinski definition) is 7. The normalized spacial score (nSPS) is 10.2. The van der Waals surface area contributed by atoms with Gasteiger partial charge in [-0.05, 0) is 12.1 Å². The Hall–Kier alpha value is -2.22. The number of benzene rings is 1. The summed E-state index contributed by atoms with van der Waals surface area (Å²) in [6, 6.07) is 7.18. The third kappa shape index (κ3) is 4.16. The van der Waals surface area contributed by atoms with Gasteiger partial charge in [-0.15, -0.1) is 10.2 Å². The van der Waals surface area contributed by atoms with Crippen molar-refractivity contribution in [2.75, 3.05) is 12.9 Å². The Morgan fingerprint density at radius 1 is 1.40 bits per heavy atom. The van der Waals surface area contributed by atoms with E-state index in [-0.39, 0.29) is 17.6 Å². The molecular formula is C12H13N3O4S. The van der Waals surface area contributed by atoms with E-state index in [1.165, 1.54) is 0 Å². The zero-order valence-corrected chi connectivity index (χ0v) is 11.6. The number of aromatic nitrogens is 2. The van der Waals surface area contributed by atoms with Crippen LogP contribution in [0, 0.1) is 0 Å². The molecule has 2 rings (SSSR count). The molecule has 0 bridgehead atoms. The van der Waals surface area contributed by atoms with Gasteiger partial charge in [0.25, 0.3) is 11.1 Å². The van der Waals surface area contributed by atoms with Crippen LogP contribution in [0.1, 0.15) is 5.89 Å². The number of thioether (sulfide) groups is 1. The van der Waals surface area contributed by atoms with Gasteiger partial charge >= 0.3 is 0 Å². The van der Waals surface area contributed by atoms with Gasteiger partial charge in [0.15, 0.2) is 6.61 Å². The van der Waals surface area contributed by atoms with Crippen LogP contribution >= 0.6 is 11.8 Å². The first-order valence-corrected chi connectivity index (χ1v) is 6.66. The van der Waals surface area contributed by atoms with E-state index >= 15 is 0 Å². The molecule has 7 nitrogen and oxygen atoms in total. The fourth-order valence-corrected chi connectivity index (χ4v) is 1.84. The minimum atomic E-state index is -0.442. The van der Waals surface area contributed by atoms with Crippen LogP contribution in [0.25, 0.3) is 0 Å². The molecule has 1 heterocycles. The number of carbonyl (C=O) groups is 1. The summed E-state index contributed by atoms with van der Waals surface area (Å²) in [4.78, 5) is 10.6. The Bertz CT molecular complexity index is 588. The van der Waals surface area contributed by atoms with Crippen LogP contribution in [0.5, 0.6) is 11.5 Å². The molecule has 2 N–H and O–H groups in total. The van der Waals surface area contributed by atoms with Crippen molar-refractivity contribution in [3.05, 3.63) is 30.2 Å². The van der Waals surface area contributed by atoms with Gasteiger partial charge in [0.1, 0.15) is 11.5 Å². The van der Waals surface area contributed by atoms with E-state index in [2.05, 4.69) is 10.2 Å². The Kier molecular flexibility index (Phi) is 4.83. The predicted molar refractivity (Wildman–Crippen MR) is 71.5 cm³/mol. The van der Waals surface area contributed by atoms with Gasteiger partial charge in [-0.3, -0.25) is 4.79 Å². The SMILES string of the molecule is COc1cccc(OCc2nnc(SCC(N)=O)o2)c1. The highest BCUT2D eigenvalue weighted by Gasteiger charge is 2.09. The highest BCUT2D eigenvalue weighted by atomic mass is 32.2. The van der Waals surface area contributed by atoms with Crippen LogP contribution in [-0.4, -0.2) is 29.0 Å². The lowest BCUT2D eigenvalue weighted by Crippen LogP contribution is -2.12. The molecule has 0 atom stereocenters.